The molecule has 1 saturated carbocycles. The fraction of sp³-hybridized carbons (Fsp3) is 0.538. The molecule has 0 bridgehead atoms. The molecule has 4 nitrogen and oxygen atoms in total. The monoisotopic (exact) mass is 285 g/mol. The molecule has 0 radical (unpaired) electrons. The van der Waals surface area contributed by atoms with Gasteiger partial charge in [-0.15, -0.1) is 0 Å². The van der Waals surface area contributed by atoms with Crippen LogP contribution in [0.5, 0.6) is 5.88 Å². The van der Waals surface area contributed by atoms with Crippen LogP contribution in [-0.4, -0.2) is 17.1 Å². The molecule has 20 heavy (non-hydrogen) atoms. The van der Waals surface area contributed by atoms with Crippen molar-refractivity contribution in [3.05, 3.63) is 23.4 Å². The van der Waals surface area contributed by atoms with Crippen molar-refractivity contribution in [1.29, 1.82) is 5.26 Å². The molecule has 2 atom stereocenters. The highest BCUT2D eigenvalue weighted by Crippen LogP contribution is 2.31. The van der Waals surface area contributed by atoms with Crippen LogP contribution in [0.25, 0.3) is 0 Å². The Morgan fingerprint density at radius 3 is 2.60 bits per heavy atom. The minimum Gasteiger partial charge on any atom is -0.472 e. The van der Waals surface area contributed by atoms with E-state index in [1.165, 1.54) is 0 Å². The van der Waals surface area contributed by atoms with Crippen LogP contribution in [0.2, 0.25) is 0 Å². The summed E-state index contributed by atoms with van der Waals surface area (Å²) in [4.78, 5) is 3.42. The second kappa shape index (κ2) is 5.67. The molecule has 1 aliphatic carbocycles. The molecule has 0 aromatic carbocycles. The number of aromatic nitrogens is 1. The van der Waals surface area contributed by atoms with Crippen molar-refractivity contribution in [3.8, 4) is 11.9 Å². The summed E-state index contributed by atoms with van der Waals surface area (Å²) in [5, 5.41) is 8.93. The van der Waals surface area contributed by atoms with E-state index in [2.05, 4.69) is 4.98 Å². The third kappa shape index (κ3) is 3.20. The van der Waals surface area contributed by atoms with Crippen LogP contribution in [0.3, 0.4) is 0 Å². The molecule has 1 heterocycles. The fourth-order valence-corrected chi connectivity index (χ4v) is 2.19. The molecule has 0 amide bonds. The number of ether oxygens (including phenoxy) is 1. The van der Waals surface area contributed by atoms with Crippen molar-refractivity contribution in [1.82, 2.24) is 4.98 Å². The van der Waals surface area contributed by atoms with Crippen molar-refractivity contribution in [2.75, 3.05) is 0 Å². The lowest BCUT2D eigenvalue weighted by Gasteiger charge is -2.29. The minimum atomic E-state index is -4.57. The van der Waals surface area contributed by atoms with Gasteiger partial charge in [0.1, 0.15) is 23.4 Å². The van der Waals surface area contributed by atoms with Crippen molar-refractivity contribution in [3.63, 3.8) is 0 Å². The molecule has 0 saturated heterocycles. The number of halogens is 3. The predicted octanol–water partition coefficient (Wildman–Crippen LogP) is 2.62. The molecule has 2 rings (SSSR count). The smallest absolute Gasteiger partial charge is 0.433 e. The Labute approximate surface area is 114 Å². The number of rotatable bonds is 2. The third-order valence-electron chi connectivity index (χ3n) is 3.29. The van der Waals surface area contributed by atoms with E-state index in [0.717, 1.165) is 31.4 Å². The van der Waals surface area contributed by atoms with Gasteiger partial charge in [0.15, 0.2) is 0 Å². The van der Waals surface area contributed by atoms with Gasteiger partial charge in [0.05, 0.1) is 0 Å². The molecular weight excluding hydrogens is 271 g/mol. The van der Waals surface area contributed by atoms with E-state index in [1.54, 1.807) is 6.07 Å². The van der Waals surface area contributed by atoms with E-state index in [4.69, 9.17) is 15.7 Å². The average Bonchev–Trinajstić information content (AvgIpc) is 2.40. The van der Waals surface area contributed by atoms with Crippen LogP contribution in [0, 0.1) is 11.3 Å². The Balaban J connectivity index is 2.27. The molecule has 0 aliphatic heterocycles. The maximum Gasteiger partial charge on any atom is 0.433 e. The minimum absolute atomic E-state index is 0.0178. The summed E-state index contributed by atoms with van der Waals surface area (Å²) in [6.07, 6.45) is -1.68. The Kier molecular flexibility index (Phi) is 4.14. The second-order valence-electron chi connectivity index (χ2n) is 4.76. The molecule has 1 aromatic heterocycles. The van der Waals surface area contributed by atoms with E-state index in [9.17, 15) is 13.2 Å². The predicted molar refractivity (Wildman–Crippen MR) is 64.8 cm³/mol. The summed E-state index contributed by atoms with van der Waals surface area (Å²) in [5.74, 6) is -0.287. The molecule has 2 N–H and O–H groups in total. The molecular formula is C13H14F3N3O. The number of alkyl halides is 3. The maximum atomic E-state index is 12.6. The Hall–Kier alpha value is -1.81. The molecule has 108 valence electrons. The number of hydrogen-bond donors (Lipinski definition) is 1. The SMILES string of the molecule is N#Cc1ccc(C(F)(F)F)nc1OC1CCCCC1N. The van der Waals surface area contributed by atoms with Crippen LogP contribution in [0.4, 0.5) is 13.2 Å². The van der Waals surface area contributed by atoms with Gasteiger partial charge >= 0.3 is 6.18 Å². The van der Waals surface area contributed by atoms with E-state index < -0.39 is 18.0 Å². The quantitative estimate of drug-likeness (QED) is 0.906. The summed E-state index contributed by atoms with van der Waals surface area (Å²) >= 11 is 0. The number of nitrogens with two attached hydrogens (primary N) is 1. The van der Waals surface area contributed by atoms with Crippen molar-refractivity contribution in [2.24, 2.45) is 5.73 Å². The zero-order chi connectivity index (χ0) is 14.8. The number of nitriles is 1. The second-order valence-corrected chi connectivity index (χ2v) is 4.76. The van der Waals surface area contributed by atoms with Gasteiger partial charge in [-0.1, -0.05) is 6.42 Å². The van der Waals surface area contributed by atoms with Crippen molar-refractivity contribution < 1.29 is 17.9 Å². The Morgan fingerprint density at radius 2 is 2.00 bits per heavy atom. The fourth-order valence-electron chi connectivity index (χ4n) is 2.19. The summed E-state index contributed by atoms with van der Waals surface area (Å²) in [7, 11) is 0. The normalized spacial score (nSPS) is 23.1. The lowest BCUT2D eigenvalue weighted by Crippen LogP contribution is -2.41. The summed E-state index contributed by atoms with van der Waals surface area (Å²) < 4.78 is 43.4. The standard InChI is InChI=1S/C13H14F3N3O/c14-13(15,16)11-6-5-8(7-17)12(19-11)20-10-4-2-1-3-9(10)18/h5-6,9-10H,1-4,18H2. The van der Waals surface area contributed by atoms with Gasteiger partial charge in [-0.3, -0.25) is 0 Å². The van der Waals surface area contributed by atoms with Crippen LogP contribution in [0.15, 0.2) is 12.1 Å². The van der Waals surface area contributed by atoms with Crippen molar-refractivity contribution >= 4 is 0 Å². The summed E-state index contributed by atoms with van der Waals surface area (Å²) in [5.41, 5.74) is 4.79. The zero-order valence-corrected chi connectivity index (χ0v) is 10.7. The highest BCUT2D eigenvalue weighted by molar-refractivity contribution is 5.39. The van der Waals surface area contributed by atoms with Gasteiger partial charge in [-0.2, -0.15) is 18.4 Å². The first kappa shape index (κ1) is 14.6. The van der Waals surface area contributed by atoms with Crippen LogP contribution in [0.1, 0.15) is 36.9 Å². The van der Waals surface area contributed by atoms with E-state index in [0.29, 0.717) is 6.42 Å². The number of nitrogens with zero attached hydrogens (tertiary/aromatic N) is 2. The van der Waals surface area contributed by atoms with E-state index in [1.807, 2.05) is 0 Å². The molecule has 1 aromatic rings. The molecule has 1 fully saturated rings. The van der Waals surface area contributed by atoms with E-state index >= 15 is 0 Å². The molecule has 1 aliphatic rings. The van der Waals surface area contributed by atoms with Crippen LogP contribution < -0.4 is 10.5 Å². The number of pyridine rings is 1. The Bertz CT molecular complexity index is 525. The highest BCUT2D eigenvalue weighted by Gasteiger charge is 2.34. The van der Waals surface area contributed by atoms with E-state index in [-0.39, 0.29) is 17.5 Å². The van der Waals surface area contributed by atoms with Gasteiger partial charge in [-0.05, 0) is 31.4 Å². The first-order valence-corrected chi connectivity index (χ1v) is 6.32. The molecule has 7 heteroatoms. The topological polar surface area (TPSA) is 71.9 Å². The Morgan fingerprint density at radius 1 is 1.30 bits per heavy atom. The van der Waals surface area contributed by atoms with Crippen molar-refractivity contribution in [2.45, 2.75) is 44.0 Å². The summed E-state index contributed by atoms with van der Waals surface area (Å²) in [6.45, 7) is 0. The van der Waals surface area contributed by atoms with Crippen LogP contribution >= 0.6 is 0 Å². The van der Waals surface area contributed by atoms with Gasteiger partial charge in [0, 0.05) is 6.04 Å². The first-order valence-electron chi connectivity index (χ1n) is 6.32. The lowest BCUT2D eigenvalue weighted by molar-refractivity contribution is -0.141. The lowest BCUT2D eigenvalue weighted by atomic mass is 9.93. The number of hydrogen-bond acceptors (Lipinski definition) is 4. The van der Waals surface area contributed by atoms with Gasteiger partial charge in [-0.25, -0.2) is 4.98 Å². The maximum absolute atomic E-state index is 12.6. The van der Waals surface area contributed by atoms with Gasteiger partial charge in [0.25, 0.3) is 0 Å². The van der Waals surface area contributed by atoms with Gasteiger partial charge < -0.3 is 10.5 Å². The van der Waals surface area contributed by atoms with Gasteiger partial charge in [0.2, 0.25) is 5.88 Å². The third-order valence-corrected chi connectivity index (χ3v) is 3.29. The largest absolute Gasteiger partial charge is 0.472 e. The molecule has 2 unspecified atom stereocenters. The molecule has 0 spiro atoms. The zero-order valence-electron chi connectivity index (χ0n) is 10.7. The summed E-state index contributed by atoms with van der Waals surface area (Å²) in [6, 6.07) is 3.38. The average molecular weight is 285 g/mol. The highest BCUT2D eigenvalue weighted by atomic mass is 19.4. The van der Waals surface area contributed by atoms with Crippen LogP contribution in [-0.2, 0) is 6.18 Å². The first-order chi connectivity index (χ1) is 9.41.